The Hall–Kier alpha value is -1.59. The molecular weight excluding hydrogens is 316 g/mol. The first-order valence-electron chi connectivity index (χ1n) is 9.04. The van der Waals surface area contributed by atoms with E-state index in [1.807, 2.05) is 59.7 Å². The third-order valence-electron chi connectivity index (χ3n) is 5.50. The highest BCUT2D eigenvalue weighted by Crippen LogP contribution is 2.49. The average Bonchev–Trinajstić information content (AvgIpc) is 2.53. The molecule has 0 radical (unpaired) electrons. The van der Waals surface area contributed by atoms with Gasteiger partial charge in [0.25, 0.3) is 0 Å². The van der Waals surface area contributed by atoms with Crippen LogP contribution in [0, 0.1) is 19.3 Å². The van der Waals surface area contributed by atoms with E-state index < -0.39 is 5.54 Å². The van der Waals surface area contributed by atoms with Crippen LogP contribution in [-0.4, -0.2) is 36.8 Å². The van der Waals surface area contributed by atoms with Crippen molar-refractivity contribution < 1.29 is 14.3 Å². The molecule has 3 atom stereocenters. The van der Waals surface area contributed by atoms with Gasteiger partial charge in [0.2, 0.25) is 5.91 Å². The number of nitrogens with two attached hydrogens (primary N) is 1. The number of hydrogen-bond acceptors (Lipinski definition) is 4. The number of hydrogen-bond donors (Lipinski definition) is 2. The number of carbonyl (C=O) groups is 1. The van der Waals surface area contributed by atoms with Gasteiger partial charge in [-0.25, -0.2) is 0 Å². The van der Waals surface area contributed by atoms with Crippen LogP contribution in [-0.2, 0) is 9.53 Å². The zero-order valence-electron chi connectivity index (χ0n) is 16.3. The topological polar surface area (TPSA) is 73.6 Å². The molecule has 5 nitrogen and oxygen atoms in total. The molecule has 0 aliphatic heterocycles. The minimum Gasteiger partial charge on any atom is -0.491 e. The van der Waals surface area contributed by atoms with Crippen LogP contribution >= 0.6 is 0 Å². The Labute approximate surface area is 151 Å². The number of amides is 1. The molecule has 0 aromatic heterocycles. The first-order valence-corrected chi connectivity index (χ1v) is 9.04. The van der Waals surface area contributed by atoms with E-state index in [0.717, 1.165) is 16.9 Å². The predicted molar refractivity (Wildman–Crippen MR) is 99.7 cm³/mol. The smallest absolute Gasteiger partial charge is 0.241 e. The monoisotopic (exact) mass is 348 g/mol. The van der Waals surface area contributed by atoms with Crippen molar-refractivity contribution in [2.45, 2.75) is 65.6 Å². The van der Waals surface area contributed by atoms with Crippen molar-refractivity contribution in [3.8, 4) is 5.75 Å². The molecule has 0 saturated heterocycles. The fraction of sp³-hybridized carbons (Fsp3) is 0.650. The Morgan fingerprint density at radius 1 is 1.36 bits per heavy atom. The summed E-state index contributed by atoms with van der Waals surface area (Å²) in [5.41, 5.74) is 7.31. The van der Waals surface area contributed by atoms with Crippen LogP contribution in [0.5, 0.6) is 5.75 Å². The van der Waals surface area contributed by atoms with Gasteiger partial charge in [0.15, 0.2) is 0 Å². The van der Waals surface area contributed by atoms with Crippen molar-refractivity contribution in [3.05, 3.63) is 29.3 Å². The lowest BCUT2D eigenvalue weighted by Crippen LogP contribution is -2.76. The standard InChI is InChI=1S/C20H32N2O3/c1-7-24-16-11-20(21,19(16,5)6)18(23)22-15(4)12-25-17-13(2)9-8-10-14(17)3/h8-10,15-16H,7,11-12,21H2,1-6H3,(H,22,23). The number of benzene rings is 1. The summed E-state index contributed by atoms with van der Waals surface area (Å²) in [6.07, 6.45) is 0.568. The summed E-state index contributed by atoms with van der Waals surface area (Å²) in [5.74, 6) is 0.748. The van der Waals surface area contributed by atoms with Crippen LogP contribution in [0.1, 0.15) is 45.2 Å². The molecule has 0 bridgehead atoms. The van der Waals surface area contributed by atoms with Crippen LogP contribution in [0.4, 0.5) is 0 Å². The zero-order chi connectivity index (χ0) is 18.8. The average molecular weight is 348 g/mol. The van der Waals surface area contributed by atoms with Crippen molar-refractivity contribution in [1.82, 2.24) is 5.32 Å². The first kappa shape index (κ1) is 19.7. The van der Waals surface area contributed by atoms with Gasteiger partial charge in [0.05, 0.1) is 12.1 Å². The second-order valence-corrected chi connectivity index (χ2v) is 7.75. The fourth-order valence-corrected chi connectivity index (χ4v) is 3.45. The van der Waals surface area contributed by atoms with Crippen molar-refractivity contribution in [3.63, 3.8) is 0 Å². The number of aryl methyl sites for hydroxylation is 2. The molecule has 1 aliphatic rings. The third kappa shape index (κ3) is 3.67. The number of nitrogens with one attached hydrogen (secondary N) is 1. The molecule has 3 unspecified atom stereocenters. The normalized spacial score (nSPS) is 25.8. The van der Waals surface area contributed by atoms with E-state index >= 15 is 0 Å². The molecule has 0 heterocycles. The van der Waals surface area contributed by atoms with Crippen LogP contribution in [0.25, 0.3) is 0 Å². The second-order valence-electron chi connectivity index (χ2n) is 7.75. The molecule has 1 aromatic rings. The fourth-order valence-electron chi connectivity index (χ4n) is 3.45. The number of rotatable bonds is 7. The van der Waals surface area contributed by atoms with Crippen molar-refractivity contribution >= 4 is 5.91 Å². The van der Waals surface area contributed by atoms with Crippen LogP contribution < -0.4 is 15.8 Å². The maximum Gasteiger partial charge on any atom is 0.241 e. The Kier molecular flexibility index (Phi) is 5.79. The van der Waals surface area contributed by atoms with Crippen molar-refractivity contribution in [1.29, 1.82) is 0 Å². The Bertz CT molecular complexity index is 609. The first-order chi connectivity index (χ1) is 11.6. The van der Waals surface area contributed by atoms with Gasteiger partial charge in [-0.2, -0.15) is 0 Å². The molecule has 25 heavy (non-hydrogen) atoms. The highest BCUT2D eigenvalue weighted by molar-refractivity contribution is 5.89. The summed E-state index contributed by atoms with van der Waals surface area (Å²) in [4.78, 5) is 12.7. The molecule has 0 spiro atoms. The molecule has 1 fully saturated rings. The van der Waals surface area contributed by atoms with Gasteiger partial charge in [-0.15, -0.1) is 0 Å². The summed E-state index contributed by atoms with van der Waals surface area (Å²) < 4.78 is 11.6. The van der Waals surface area contributed by atoms with E-state index in [-0.39, 0.29) is 23.5 Å². The summed E-state index contributed by atoms with van der Waals surface area (Å²) in [6, 6.07) is 5.92. The molecule has 1 amide bonds. The third-order valence-corrected chi connectivity index (χ3v) is 5.50. The van der Waals surface area contributed by atoms with Gasteiger partial charge < -0.3 is 20.5 Å². The predicted octanol–water partition coefficient (Wildman–Crippen LogP) is 2.72. The summed E-state index contributed by atoms with van der Waals surface area (Å²) in [7, 11) is 0. The minimum absolute atomic E-state index is 0.0226. The number of carbonyl (C=O) groups excluding carboxylic acids is 1. The second kappa shape index (κ2) is 7.34. The summed E-state index contributed by atoms with van der Waals surface area (Å²) >= 11 is 0. The molecular formula is C20H32N2O3. The van der Waals surface area contributed by atoms with E-state index in [1.54, 1.807) is 0 Å². The van der Waals surface area contributed by atoms with Crippen LogP contribution in [0.15, 0.2) is 18.2 Å². The molecule has 140 valence electrons. The van der Waals surface area contributed by atoms with E-state index in [0.29, 0.717) is 19.6 Å². The van der Waals surface area contributed by atoms with Crippen molar-refractivity contribution in [2.24, 2.45) is 11.1 Å². The largest absolute Gasteiger partial charge is 0.491 e. The van der Waals surface area contributed by atoms with Crippen LogP contribution in [0.3, 0.4) is 0 Å². The Morgan fingerprint density at radius 2 is 1.96 bits per heavy atom. The molecule has 1 saturated carbocycles. The minimum atomic E-state index is -0.903. The SMILES string of the molecule is CCOC1CC(N)(C(=O)NC(C)COc2c(C)cccc2C)C1(C)C. The van der Waals surface area contributed by atoms with E-state index in [9.17, 15) is 4.79 Å². The number of ether oxygens (including phenoxy) is 2. The molecule has 1 aromatic carbocycles. The van der Waals surface area contributed by atoms with E-state index in [4.69, 9.17) is 15.2 Å². The van der Waals surface area contributed by atoms with Gasteiger partial charge in [-0.05, 0) is 38.8 Å². The summed E-state index contributed by atoms with van der Waals surface area (Å²) in [6.45, 7) is 13.0. The van der Waals surface area contributed by atoms with Gasteiger partial charge >= 0.3 is 0 Å². The molecule has 5 heteroatoms. The zero-order valence-corrected chi connectivity index (χ0v) is 16.3. The maximum atomic E-state index is 12.7. The highest BCUT2D eigenvalue weighted by atomic mass is 16.5. The van der Waals surface area contributed by atoms with Gasteiger partial charge in [-0.3, -0.25) is 4.79 Å². The van der Waals surface area contributed by atoms with Gasteiger partial charge in [-0.1, -0.05) is 32.0 Å². The summed E-state index contributed by atoms with van der Waals surface area (Å²) in [5, 5.41) is 3.01. The quantitative estimate of drug-likeness (QED) is 0.794. The molecule has 3 N–H and O–H groups in total. The molecule has 1 aliphatic carbocycles. The lowest BCUT2D eigenvalue weighted by molar-refractivity contribution is -0.171. The lowest BCUT2D eigenvalue weighted by Gasteiger charge is -2.57. The number of para-hydroxylation sites is 1. The Morgan fingerprint density at radius 3 is 2.48 bits per heavy atom. The van der Waals surface area contributed by atoms with Gasteiger partial charge in [0, 0.05) is 18.4 Å². The maximum absolute atomic E-state index is 12.7. The Balaban J connectivity index is 1.92. The lowest BCUT2D eigenvalue weighted by atomic mass is 9.54. The van der Waals surface area contributed by atoms with Crippen molar-refractivity contribution in [2.75, 3.05) is 13.2 Å². The molecule has 2 rings (SSSR count). The van der Waals surface area contributed by atoms with E-state index in [1.165, 1.54) is 0 Å². The van der Waals surface area contributed by atoms with E-state index in [2.05, 4.69) is 5.32 Å². The van der Waals surface area contributed by atoms with Crippen LogP contribution in [0.2, 0.25) is 0 Å². The highest BCUT2D eigenvalue weighted by Gasteiger charge is 2.62. The van der Waals surface area contributed by atoms with Gasteiger partial charge in [0.1, 0.15) is 17.9 Å².